The quantitative estimate of drug-likeness (QED) is 0.397. The third-order valence-electron chi connectivity index (χ3n) is 1.19. The second-order valence-electron chi connectivity index (χ2n) is 2.33. The number of rotatable bonds is 5. The van der Waals surface area contributed by atoms with Gasteiger partial charge in [-0.2, -0.15) is 12.6 Å². The standard InChI is InChI=1S/C6H14S.C3H4O2/c1-2-3-4-5-6-7;1-2-3(4)5/h7H,2-6H2,1H3;2H,1H2,(H,4,5). The van der Waals surface area contributed by atoms with Crippen molar-refractivity contribution in [3.05, 3.63) is 12.7 Å². The second-order valence-corrected chi connectivity index (χ2v) is 2.77. The van der Waals surface area contributed by atoms with Crippen LogP contribution >= 0.6 is 12.6 Å². The van der Waals surface area contributed by atoms with Crippen molar-refractivity contribution in [3.63, 3.8) is 0 Å². The van der Waals surface area contributed by atoms with E-state index in [1.165, 1.54) is 25.7 Å². The van der Waals surface area contributed by atoms with Gasteiger partial charge in [-0.15, -0.1) is 0 Å². The minimum Gasteiger partial charge on any atom is -0.478 e. The Bertz CT molecular complexity index is 109. The molecule has 0 bridgehead atoms. The molecule has 0 aliphatic heterocycles. The van der Waals surface area contributed by atoms with Crippen LogP contribution < -0.4 is 0 Å². The lowest BCUT2D eigenvalue weighted by Crippen LogP contribution is -1.82. The summed E-state index contributed by atoms with van der Waals surface area (Å²) in [6.45, 7) is 5.18. The Morgan fingerprint density at radius 2 is 2.00 bits per heavy atom. The molecular formula is C9H18O2S. The highest BCUT2D eigenvalue weighted by molar-refractivity contribution is 7.80. The van der Waals surface area contributed by atoms with Gasteiger partial charge in [-0.05, 0) is 12.2 Å². The average molecular weight is 190 g/mol. The lowest BCUT2D eigenvalue weighted by atomic mass is 10.2. The first-order chi connectivity index (χ1) is 5.68. The fourth-order valence-electron chi connectivity index (χ4n) is 0.539. The van der Waals surface area contributed by atoms with E-state index in [2.05, 4.69) is 26.1 Å². The Balaban J connectivity index is 0. The van der Waals surface area contributed by atoms with Crippen LogP contribution in [0, 0.1) is 0 Å². The first kappa shape index (κ1) is 14.1. The van der Waals surface area contributed by atoms with Crippen molar-refractivity contribution in [2.45, 2.75) is 32.6 Å². The number of aliphatic carboxylic acids is 1. The molecule has 0 aliphatic rings. The summed E-state index contributed by atoms with van der Waals surface area (Å²) in [5.74, 6) is 0.0741. The number of unbranched alkanes of at least 4 members (excludes halogenated alkanes) is 3. The molecule has 0 saturated heterocycles. The van der Waals surface area contributed by atoms with Crippen LogP contribution in [0.2, 0.25) is 0 Å². The number of hydrogen-bond acceptors (Lipinski definition) is 2. The summed E-state index contributed by atoms with van der Waals surface area (Å²) in [5, 5.41) is 7.60. The number of hydrogen-bond donors (Lipinski definition) is 2. The molecule has 0 amide bonds. The van der Waals surface area contributed by atoms with E-state index in [9.17, 15) is 4.79 Å². The molecule has 72 valence electrons. The lowest BCUT2D eigenvalue weighted by molar-refractivity contribution is -0.131. The smallest absolute Gasteiger partial charge is 0.327 e. The average Bonchev–Trinajstić information content (AvgIpc) is 2.07. The summed E-state index contributed by atoms with van der Waals surface area (Å²) < 4.78 is 0. The summed E-state index contributed by atoms with van der Waals surface area (Å²) in [6, 6.07) is 0. The van der Waals surface area contributed by atoms with Gasteiger partial charge in [0.1, 0.15) is 0 Å². The van der Waals surface area contributed by atoms with E-state index in [-0.39, 0.29) is 0 Å². The minimum absolute atomic E-state index is 0.833. The molecule has 0 rings (SSSR count). The fourth-order valence-corrected chi connectivity index (χ4v) is 0.762. The zero-order valence-corrected chi connectivity index (χ0v) is 8.52. The van der Waals surface area contributed by atoms with Gasteiger partial charge >= 0.3 is 5.97 Å². The Kier molecular flexibility index (Phi) is 15.5. The summed E-state index contributed by atoms with van der Waals surface area (Å²) in [5.41, 5.74) is 0. The molecule has 12 heavy (non-hydrogen) atoms. The summed E-state index contributed by atoms with van der Waals surface area (Å²) in [4.78, 5) is 9.25. The van der Waals surface area contributed by atoms with Gasteiger partial charge in [-0.3, -0.25) is 0 Å². The van der Waals surface area contributed by atoms with Gasteiger partial charge in [0.05, 0.1) is 0 Å². The van der Waals surface area contributed by atoms with E-state index < -0.39 is 5.97 Å². The van der Waals surface area contributed by atoms with Crippen molar-refractivity contribution in [1.82, 2.24) is 0 Å². The topological polar surface area (TPSA) is 37.3 Å². The van der Waals surface area contributed by atoms with Crippen LogP contribution in [0.15, 0.2) is 12.7 Å². The van der Waals surface area contributed by atoms with Gasteiger partial charge in [-0.1, -0.05) is 32.8 Å². The molecule has 0 fully saturated rings. The molecule has 0 radical (unpaired) electrons. The molecule has 0 spiro atoms. The van der Waals surface area contributed by atoms with Crippen molar-refractivity contribution in [2.24, 2.45) is 0 Å². The maximum Gasteiger partial charge on any atom is 0.327 e. The lowest BCUT2D eigenvalue weighted by Gasteiger charge is -1.90. The van der Waals surface area contributed by atoms with Crippen LogP contribution in [-0.4, -0.2) is 16.8 Å². The van der Waals surface area contributed by atoms with Crippen molar-refractivity contribution >= 4 is 18.6 Å². The highest BCUT2D eigenvalue weighted by Gasteiger charge is 1.80. The van der Waals surface area contributed by atoms with Crippen LogP contribution in [0.4, 0.5) is 0 Å². The predicted octanol–water partition coefficient (Wildman–Crippen LogP) is 2.75. The summed E-state index contributed by atoms with van der Waals surface area (Å²) >= 11 is 4.09. The number of carboxylic acids is 1. The molecule has 1 N–H and O–H groups in total. The number of thiol groups is 1. The van der Waals surface area contributed by atoms with E-state index in [1.807, 2.05) is 0 Å². The van der Waals surface area contributed by atoms with Gasteiger partial charge < -0.3 is 5.11 Å². The predicted molar refractivity (Wildman–Crippen MR) is 55.8 cm³/mol. The number of carboxylic acid groups (broad SMARTS) is 1. The summed E-state index contributed by atoms with van der Waals surface area (Å²) in [7, 11) is 0. The highest BCUT2D eigenvalue weighted by atomic mass is 32.1. The molecule has 0 aromatic carbocycles. The Labute approximate surface area is 80.1 Å². The maximum absolute atomic E-state index is 9.25. The third-order valence-corrected chi connectivity index (χ3v) is 1.50. The summed E-state index contributed by atoms with van der Waals surface area (Å²) in [6.07, 6.45) is 6.19. The van der Waals surface area contributed by atoms with Gasteiger partial charge in [0.25, 0.3) is 0 Å². The van der Waals surface area contributed by atoms with Crippen LogP contribution in [0.5, 0.6) is 0 Å². The molecule has 0 aliphatic carbocycles. The molecule has 3 heteroatoms. The SMILES string of the molecule is C=CC(=O)O.CCCCCCS. The van der Waals surface area contributed by atoms with E-state index >= 15 is 0 Å². The first-order valence-corrected chi connectivity index (χ1v) is 4.78. The van der Waals surface area contributed by atoms with Crippen LogP contribution in [0.1, 0.15) is 32.6 Å². The second kappa shape index (κ2) is 13.2. The van der Waals surface area contributed by atoms with Crippen molar-refractivity contribution in [2.75, 3.05) is 5.75 Å². The fraction of sp³-hybridized carbons (Fsp3) is 0.667. The van der Waals surface area contributed by atoms with Crippen molar-refractivity contribution in [3.8, 4) is 0 Å². The Morgan fingerprint density at radius 3 is 2.25 bits per heavy atom. The molecule has 0 heterocycles. The molecule has 0 atom stereocenters. The Morgan fingerprint density at radius 1 is 1.50 bits per heavy atom. The minimum atomic E-state index is -0.981. The monoisotopic (exact) mass is 190 g/mol. The third kappa shape index (κ3) is 22.7. The van der Waals surface area contributed by atoms with E-state index in [0.717, 1.165) is 11.8 Å². The largest absolute Gasteiger partial charge is 0.478 e. The molecule has 0 aromatic rings. The molecule has 0 unspecified atom stereocenters. The van der Waals surface area contributed by atoms with Crippen LogP contribution in [0.3, 0.4) is 0 Å². The van der Waals surface area contributed by atoms with E-state index in [4.69, 9.17) is 5.11 Å². The molecule has 0 aromatic heterocycles. The van der Waals surface area contributed by atoms with Gasteiger partial charge in [-0.25, -0.2) is 4.79 Å². The van der Waals surface area contributed by atoms with Gasteiger partial charge in [0, 0.05) is 6.08 Å². The van der Waals surface area contributed by atoms with Crippen molar-refractivity contribution < 1.29 is 9.90 Å². The maximum atomic E-state index is 9.25. The first-order valence-electron chi connectivity index (χ1n) is 4.15. The Hall–Kier alpha value is -0.440. The van der Waals surface area contributed by atoms with Gasteiger partial charge in [0.15, 0.2) is 0 Å². The van der Waals surface area contributed by atoms with E-state index in [1.54, 1.807) is 0 Å². The number of carbonyl (C=O) groups is 1. The normalized spacial score (nSPS) is 8.17. The van der Waals surface area contributed by atoms with E-state index in [0.29, 0.717) is 0 Å². The van der Waals surface area contributed by atoms with Gasteiger partial charge in [0.2, 0.25) is 0 Å². The van der Waals surface area contributed by atoms with Crippen LogP contribution in [0.25, 0.3) is 0 Å². The van der Waals surface area contributed by atoms with Crippen molar-refractivity contribution in [1.29, 1.82) is 0 Å². The molecular weight excluding hydrogens is 172 g/mol. The molecule has 2 nitrogen and oxygen atoms in total. The zero-order chi connectivity index (χ0) is 9.82. The van der Waals surface area contributed by atoms with Crippen LogP contribution in [-0.2, 0) is 4.79 Å². The highest BCUT2D eigenvalue weighted by Crippen LogP contribution is 1.98. The molecule has 0 saturated carbocycles. The zero-order valence-electron chi connectivity index (χ0n) is 7.62.